The minimum atomic E-state index is -0.406. The van der Waals surface area contributed by atoms with Crippen molar-refractivity contribution in [2.75, 3.05) is 11.1 Å². The van der Waals surface area contributed by atoms with Crippen LogP contribution >= 0.6 is 11.8 Å². The number of rotatable bonds is 6. The van der Waals surface area contributed by atoms with Gasteiger partial charge < -0.3 is 10.1 Å². The molecule has 0 radical (unpaired) electrons. The number of fused-ring (bicyclic) bond motifs is 1. The van der Waals surface area contributed by atoms with Gasteiger partial charge in [0.05, 0.1) is 28.0 Å². The second-order valence-corrected chi connectivity index (χ2v) is 8.12. The topological polar surface area (TPSA) is 68.3 Å². The molecular weight excluding hydrogens is 384 g/mol. The zero-order valence-corrected chi connectivity index (χ0v) is 17.8. The summed E-state index contributed by atoms with van der Waals surface area (Å²) in [7, 11) is 0. The van der Waals surface area contributed by atoms with Gasteiger partial charge in [-0.15, -0.1) is 0 Å². The summed E-state index contributed by atoms with van der Waals surface area (Å²) in [5, 5.41) is 4.77. The lowest BCUT2D eigenvalue weighted by molar-refractivity contribution is -0.113. The van der Waals surface area contributed by atoms with E-state index in [0.717, 1.165) is 27.1 Å². The fourth-order valence-corrected chi connectivity index (χ4v) is 3.71. The number of anilines is 1. The number of amides is 1. The second kappa shape index (κ2) is 9.09. The van der Waals surface area contributed by atoms with E-state index in [1.165, 1.54) is 11.8 Å². The largest absolute Gasteiger partial charge is 0.459 e. The number of thioether (sulfide) groups is 1. The van der Waals surface area contributed by atoms with Crippen LogP contribution in [-0.4, -0.2) is 28.7 Å². The Morgan fingerprint density at radius 3 is 2.59 bits per heavy atom. The van der Waals surface area contributed by atoms with Gasteiger partial charge >= 0.3 is 5.97 Å². The molecule has 6 heteroatoms. The molecule has 0 aliphatic rings. The number of hydrogen-bond acceptors (Lipinski definition) is 5. The molecule has 0 saturated heterocycles. The summed E-state index contributed by atoms with van der Waals surface area (Å²) in [5.74, 6) is -0.338. The van der Waals surface area contributed by atoms with E-state index < -0.39 is 5.97 Å². The van der Waals surface area contributed by atoms with Crippen LogP contribution in [0.2, 0.25) is 0 Å². The molecular formula is C23H24N2O3S. The van der Waals surface area contributed by atoms with E-state index in [-0.39, 0.29) is 17.8 Å². The fraction of sp³-hybridized carbons (Fsp3) is 0.261. The number of aryl methyl sites for hydroxylation is 2. The molecule has 0 atom stereocenters. The van der Waals surface area contributed by atoms with Gasteiger partial charge in [0.25, 0.3) is 0 Å². The highest BCUT2D eigenvalue weighted by atomic mass is 32.2. The van der Waals surface area contributed by atoms with Gasteiger partial charge in [0.1, 0.15) is 0 Å². The van der Waals surface area contributed by atoms with E-state index in [2.05, 4.69) is 18.3 Å². The molecule has 0 spiro atoms. The van der Waals surface area contributed by atoms with Crippen LogP contribution in [-0.2, 0) is 9.53 Å². The number of aromatic nitrogens is 1. The van der Waals surface area contributed by atoms with E-state index in [9.17, 15) is 9.59 Å². The smallest absolute Gasteiger partial charge is 0.338 e. The van der Waals surface area contributed by atoms with Crippen molar-refractivity contribution in [3.8, 4) is 0 Å². The molecule has 1 heterocycles. The number of carbonyl (C=O) groups excluding carboxylic acids is 2. The first-order valence-corrected chi connectivity index (χ1v) is 10.4. The molecule has 0 fully saturated rings. The molecule has 0 bridgehead atoms. The second-order valence-electron chi connectivity index (χ2n) is 7.12. The van der Waals surface area contributed by atoms with Gasteiger partial charge in [-0.2, -0.15) is 0 Å². The van der Waals surface area contributed by atoms with Gasteiger partial charge in [-0.1, -0.05) is 36.0 Å². The number of esters is 1. The maximum atomic E-state index is 12.4. The maximum absolute atomic E-state index is 12.4. The summed E-state index contributed by atoms with van der Waals surface area (Å²) in [4.78, 5) is 29.1. The summed E-state index contributed by atoms with van der Waals surface area (Å²) in [6, 6.07) is 14.9. The average Bonchev–Trinajstić information content (AvgIpc) is 2.67. The van der Waals surface area contributed by atoms with Gasteiger partial charge in [-0.25, -0.2) is 9.78 Å². The van der Waals surface area contributed by atoms with E-state index in [0.29, 0.717) is 11.3 Å². The van der Waals surface area contributed by atoms with Gasteiger partial charge in [0, 0.05) is 11.1 Å². The molecule has 1 aromatic heterocycles. The van der Waals surface area contributed by atoms with Crippen molar-refractivity contribution in [2.24, 2.45) is 0 Å². The lowest BCUT2D eigenvalue weighted by atomic mass is 10.1. The zero-order valence-electron chi connectivity index (χ0n) is 17.0. The number of nitrogens with zero attached hydrogens (tertiary/aromatic N) is 1. The monoisotopic (exact) mass is 408 g/mol. The first-order chi connectivity index (χ1) is 13.8. The lowest BCUT2D eigenvalue weighted by Crippen LogP contribution is -2.15. The average molecular weight is 409 g/mol. The summed E-state index contributed by atoms with van der Waals surface area (Å²) in [6.07, 6.45) is -0.196. The molecule has 29 heavy (non-hydrogen) atoms. The van der Waals surface area contributed by atoms with Crippen LogP contribution in [0.15, 0.2) is 53.6 Å². The third-order valence-electron chi connectivity index (χ3n) is 4.30. The summed E-state index contributed by atoms with van der Waals surface area (Å²) in [5.41, 5.74) is 4.19. The Kier molecular flexibility index (Phi) is 6.54. The SMILES string of the molecule is Cc1cc(SCC(=O)Nc2cccc(C(=O)OC(C)C)c2)nc2c(C)cccc12. The first kappa shape index (κ1) is 20.9. The molecule has 2 aromatic carbocycles. The standard InChI is InChI=1S/C23H24N2O3S/c1-14(2)28-23(27)17-8-6-9-18(12-17)24-20(26)13-29-21-11-16(4)19-10-5-7-15(3)22(19)25-21/h5-12,14H,13H2,1-4H3,(H,24,26). The Hall–Kier alpha value is -2.86. The Balaban J connectivity index is 1.65. The molecule has 150 valence electrons. The van der Waals surface area contributed by atoms with Crippen LogP contribution < -0.4 is 5.32 Å². The Morgan fingerprint density at radius 1 is 1.07 bits per heavy atom. The third-order valence-corrected chi connectivity index (χ3v) is 5.21. The van der Waals surface area contributed by atoms with Crippen LogP contribution in [0, 0.1) is 13.8 Å². The molecule has 1 N–H and O–H groups in total. The van der Waals surface area contributed by atoms with Crippen LogP contribution in [0.4, 0.5) is 5.69 Å². The highest BCUT2D eigenvalue weighted by Gasteiger charge is 2.12. The maximum Gasteiger partial charge on any atom is 0.338 e. The van der Waals surface area contributed by atoms with Crippen molar-refractivity contribution in [3.63, 3.8) is 0 Å². The van der Waals surface area contributed by atoms with E-state index >= 15 is 0 Å². The van der Waals surface area contributed by atoms with Crippen molar-refractivity contribution >= 4 is 40.2 Å². The van der Waals surface area contributed by atoms with Crippen molar-refractivity contribution < 1.29 is 14.3 Å². The van der Waals surface area contributed by atoms with Gasteiger partial charge in [0.2, 0.25) is 5.91 Å². The predicted octanol–water partition coefficient (Wildman–Crippen LogP) is 5.15. The van der Waals surface area contributed by atoms with Crippen LogP contribution in [0.5, 0.6) is 0 Å². The predicted molar refractivity (Wildman–Crippen MR) is 118 cm³/mol. The third kappa shape index (κ3) is 5.35. The zero-order chi connectivity index (χ0) is 21.0. The van der Waals surface area contributed by atoms with Crippen molar-refractivity contribution in [1.29, 1.82) is 0 Å². The Bertz CT molecular complexity index is 1060. The number of ether oxygens (including phenoxy) is 1. The van der Waals surface area contributed by atoms with Crippen molar-refractivity contribution in [1.82, 2.24) is 4.98 Å². The fourth-order valence-electron chi connectivity index (χ4n) is 2.95. The van der Waals surface area contributed by atoms with E-state index in [4.69, 9.17) is 9.72 Å². The number of pyridine rings is 1. The molecule has 0 saturated carbocycles. The summed E-state index contributed by atoms with van der Waals surface area (Å²) in [6.45, 7) is 7.68. The molecule has 0 unspecified atom stereocenters. The number of benzene rings is 2. The molecule has 3 rings (SSSR count). The first-order valence-electron chi connectivity index (χ1n) is 9.44. The Morgan fingerprint density at radius 2 is 1.83 bits per heavy atom. The molecule has 0 aliphatic heterocycles. The minimum Gasteiger partial charge on any atom is -0.459 e. The van der Waals surface area contributed by atoms with Gasteiger partial charge in [-0.05, 0) is 63.1 Å². The molecule has 3 aromatic rings. The summed E-state index contributed by atoms with van der Waals surface area (Å²) >= 11 is 1.39. The highest BCUT2D eigenvalue weighted by Crippen LogP contribution is 2.25. The van der Waals surface area contributed by atoms with Crippen LogP contribution in [0.1, 0.15) is 35.3 Å². The van der Waals surface area contributed by atoms with Gasteiger partial charge in [-0.3, -0.25) is 4.79 Å². The number of carbonyl (C=O) groups is 2. The van der Waals surface area contributed by atoms with Crippen LogP contribution in [0.3, 0.4) is 0 Å². The molecule has 0 aliphatic carbocycles. The lowest BCUT2D eigenvalue weighted by Gasteiger charge is -2.10. The Labute approximate surface area is 174 Å². The molecule has 1 amide bonds. The minimum absolute atomic E-state index is 0.159. The normalized spacial score (nSPS) is 10.9. The quantitative estimate of drug-likeness (QED) is 0.451. The number of para-hydroxylation sites is 1. The van der Waals surface area contributed by atoms with Crippen molar-refractivity contribution in [2.45, 2.75) is 38.8 Å². The van der Waals surface area contributed by atoms with Gasteiger partial charge in [0.15, 0.2) is 0 Å². The highest BCUT2D eigenvalue weighted by molar-refractivity contribution is 7.99. The summed E-state index contributed by atoms with van der Waals surface area (Å²) < 4.78 is 5.19. The number of hydrogen-bond donors (Lipinski definition) is 1. The van der Waals surface area contributed by atoms with E-state index in [1.807, 2.05) is 25.1 Å². The molecule has 5 nitrogen and oxygen atoms in total. The van der Waals surface area contributed by atoms with Crippen LogP contribution in [0.25, 0.3) is 10.9 Å². The van der Waals surface area contributed by atoms with Crippen molar-refractivity contribution in [3.05, 3.63) is 65.2 Å². The number of nitrogens with one attached hydrogen (secondary N) is 1. The van der Waals surface area contributed by atoms with E-state index in [1.54, 1.807) is 38.1 Å².